The number of nitrogens with zero attached hydrogens (tertiary/aromatic N) is 3. The number of hydrogen-bond donors (Lipinski definition) is 0. The first-order valence-corrected chi connectivity index (χ1v) is 10.2. The van der Waals surface area contributed by atoms with E-state index in [0.717, 1.165) is 16.3 Å². The number of aromatic nitrogens is 3. The van der Waals surface area contributed by atoms with Crippen LogP contribution in [0.4, 0.5) is 0 Å². The molecule has 0 bridgehead atoms. The molecule has 2 aromatic heterocycles. The van der Waals surface area contributed by atoms with Gasteiger partial charge in [-0.05, 0) is 47.0 Å². The Balaban J connectivity index is 1.47. The standard InChI is InChI=1S/C27H16ClN3O/c28-27-30-25(18-9-5-2-6-10-18)29-26(31-27)20-12-14-22-21-13-11-19(17-7-3-1-4-8-17)15-23(21)32-24(22)16-20/h1-16H/i1D,3D,4D,7D,8D. The van der Waals surface area contributed by atoms with E-state index in [1.165, 1.54) is 0 Å². The summed E-state index contributed by atoms with van der Waals surface area (Å²) in [4.78, 5) is 13.1. The molecule has 0 aliphatic rings. The Morgan fingerprint density at radius 2 is 1.25 bits per heavy atom. The average molecular weight is 439 g/mol. The first-order chi connectivity index (χ1) is 17.8. The molecule has 4 aromatic carbocycles. The van der Waals surface area contributed by atoms with Gasteiger partial charge >= 0.3 is 0 Å². The van der Waals surface area contributed by atoms with Crippen molar-refractivity contribution in [3.05, 3.63) is 102 Å². The highest BCUT2D eigenvalue weighted by molar-refractivity contribution is 6.28. The second kappa shape index (κ2) is 7.59. The van der Waals surface area contributed by atoms with E-state index < -0.39 is 6.04 Å². The minimum Gasteiger partial charge on any atom is -0.456 e. The van der Waals surface area contributed by atoms with Crippen LogP contribution in [0.3, 0.4) is 0 Å². The highest BCUT2D eigenvalue weighted by Crippen LogP contribution is 2.34. The maximum absolute atomic E-state index is 8.28. The van der Waals surface area contributed by atoms with Crippen LogP contribution < -0.4 is 0 Å². The molecule has 0 aliphatic heterocycles. The van der Waals surface area contributed by atoms with E-state index in [-0.39, 0.29) is 35.0 Å². The number of benzene rings is 4. The van der Waals surface area contributed by atoms with Crippen LogP contribution in [0, 0.1) is 0 Å². The lowest BCUT2D eigenvalue weighted by Crippen LogP contribution is -1.97. The molecule has 32 heavy (non-hydrogen) atoms. The van der Waals surface area contributed by atoms with Gasteiger partial charge < -0.3 is 4.42 Å². The molecule has 0 unspecified atom stereocenters. The molecule has 6 rings (SSSR count). The summed E-state index contributed by atoms with van der Waals surface area (Å²) in [5.41, 5.74) is 3.22. The Morgan fingerprint density at radius 3 is 1.97 bits per heavy atom. The van der Waals surface area contributed by atoms with E-state index in [1.54, 1.807) is 12.1 Å². The van der Waals surface area contributed by atoms with Crippen LogP contribution in [0.1, 0.15) is 6.85 Å². The summed E-state index contributed by atoms with van der Waals surface area (Å²) >= 11 is 6.21. The van der Waals surface area contributed by atoms with Crippen molar-refractivity contribution in [1.29, 1.82) is 0 Å². The fourth-order valence-corrected chi connectivity index (χ4v) is 3.82. The number of halogens is 1. The largest absolute Gasteiger partial charge is 0.456 e. The summed E-state index contributed by atoms with van der Waals surface area (Å²) in [5, 5.41) is 1.77. The Kier molecular flexibility index (Phi) is 3.35. The molecular weight excluding hydrogens is 418 g/mol. The molecule has 0 atom stereocenters. The van der Waals surface area contributed by atoms with Gasteiger partial charge in [-0.15, -0.1) is 0 Å². The minimum atomic E-state index is -0.426. The molecule has 0 fully saturated rings. The lowest BCUT2D eigenvalue weighted by Gasteiger charge is -2.04. The van der Waals surface area contributed by atoms with Gasteiger partial charge in [0.2, 0.25) is 5.28 Å². The third-order valence-corrected chi connectivity index (χ3v) is 5.33. The number of hydrogen-bond acceptors (Lipinski definition) is 4. The smallest absolute Gasteiger partial charge is 0.226 e. The lowest BCUT2D eigenvalue weighted by atomic mass is 10.0. The van der Waals surface area contributed by atoms with Crippen molar-refractivity contribution in [3.8, 4) is 33.9 Å². The van der Waals surface area contributed by atoms with E-state index in [0.29, 0.717) is 33.9 Å². The maximum Gasteiger partial charge on any atom is 0.226 e. The normalized spacial score (nSPS) is 13.5. The third-order valence-electron chi connectivity index (χ3n) is 5.16. The van der Waals surface area contributed by atoms with Gasteiger partial charge in [-0.3, -0.25) is 0 Å². The molecule has 5 heteroatoms. The molecule has 0 saturated carbocycles. The van der Waals surface area contributed by atoms with E-state index >= 15 is 0 Å². The van der Waals surface area contributed by atoms with Crippen LogP contribution in [0.15, 0.2) is 101 Å². The van der Waals surface area contributed by atoms with Gasteiger partial charge in [0.05, 0.1) is 6.85 Å². The van der Waals surface area contributed by atoms with Crippen molar-refractivity contribution in [1.82, 2.24) is 15.0 Å². The van der Waals surface area contributed by atoms with E-state index in [1.807, 2.05) is 54.6 Å². The Bertz CT molecular complexity index is 1830. The maximum atomic E-state index is 8.28. The number of fused-ring (bicyclic) bond motifs is 3. The van der Waals surface area contributed by atoms with Crippen LogP contribution in [0.2, 0.25) is 5.28 Å². The quantitative estimate of drug-likeness (QED) is 0.288. The second-order valence-corrected chi connectivity index (χ2v) is 7.48. The first-order valence-electron chi connectivity index (χ1n) is 12.3. The van der Waals surface area contributed by atoms with Gasteiger partial charge in [0.1, 0.15) is 11.2 Å². The molecular formula is C27H16ClN3O. The molecule has 0 N–H and O–H groups in total. The summed E-state index contributed by atoms with van der Waals surface area (Å²) in [7, 11) is 0. The van der Waals surface area contributed by atoms with Gasteiger partial charge in [0, 0.05) is 21.9 Å². The van der Waals surface area contributed by atoms with Crippen molar-refractivity contribution in [2.45, 2.75) is 0 Å². The molecule has 2 heterocycles. The predicted octanol–water partition coefficient (Wildman–Crippen LogP) is 7.43. The molecule has 6 aromatic rings. The monoisotopic (exact) mass is 438 g/mol. The zero-order chi connectivity index (χ0) is 25.8. The predicted molar refractivity (Wildman–Crippen MR) is 128 cm³/mol. The Morgan fingerprint density at radius 1 is 0.625 bits per heavy atom. The SMILES string of the molecule is [2H]c1c([2H])c([2H])c(-c2ccc3c(c2)oc2cc(-c4nc(Cl)nc(-c5ccccc5)n4)ccc23)c([2H])c1[2H]. The third kappa shape index (κ3) is 3.31. The highest BCUT2D eigenvalue weighted by Gasteiger charge is 2.13. The van der Waals surface area contributed by atoms with E-state index in [2.05, 4.69) is 15.0 Å². The summed E-state index contributed by atoms with van der Waals surface area (Å²) < 4.78 is 46.5. The summed E-state index contributed by atoms with van der Waals surface area (Å²) in [6.07, 6.45) is 0. The van der Waals surface area contributed by atoms with Crippen molar-refractivity contribution in [3.63, 3.8) is 0 Å². The molecule has 152 valence electrons. The zero-order valence-electron chi connectivity index (χ0n) is 21.5. The Hall–Kier alpha value is -4.02. The van der Waals surface area contributed by atoms with Gasteiger partial charge in [-0.25, -0.2) is 4.98 Å². The molecule has 4 nitrogen and oxygen atoms in total. The molecule has 0 aliphatic carbocycles. The lowest BCUT2D eigenvalue weighted by molar-refractivity contribution is 0.669. The molecule has 0 spiro atoms. The van der Waals surface area contributed by atoms with E-state index in [9.17, 15) is 0 Å². The summed E-state index contributed by atoms with van der Waals surface area (Å²) in [6.45, 7) is 0. The van der Waals surface area contributed by atoms with Crippen molar-refractivity contribution in [2.75, 3.05) is 0 Å². The molecule has 0 amide bonds. The highest BCUT2D eigenvalue weighted by atomic mass is 35.5. The van der Waals surface area contributed by atoms with Crippen molar-refractivity contribution in [2.24, 2.45) is 0 Å². The first kappa shape index (κ1) is 14.1. The van der Waals surface area contributed by atoms with Gasteiger partial charge in [0.15, 0.2) is 11.6 Å². The molecule has 0 radical (unpaired) electrons. The van der Waals surface area contributed by atoms with Crippen LogP contribution >= 0.6 is 11.6 Å². The summed E-state index contributed by atoms with van der Waals surface area (Å²) in [5.74, 6) is 0.865. The zero-order valence-corrected chi connectivity index (χ0v) is 17.2. The van der Waals surface area contributed by atoms with Gasteiger partial charge in [-0.2, -0.15) is 9.97 Å². The fraction of sp³-hybridized carbons (Fsp3) is 0. The minimum absolute atomic E-state index is 0.0804. The van der Waals surface area contributed by atoms with Crippen LogP contribution in [-0.2, 0) is 0 Å². The van der Waals surface area contributed by atoms with Crippen LogP contribution in [0.25, 0.3) is 55.8 Å². The molecule has 0 saturated heterocycles. The van der Waals surface area contributed by atoms with Crippen LogP contribution in [0.5, 0.6) is 0 Å². The number of rotatable bonds is 3. The van der Waals surface area contributed by atoms with Gasteiger partial charge in [0.25, 0.3) is 0 Å². The van der Waals surface area contributed by atoms with Crippen molar-refractivity contribution < 1.29 is 11.3 Å². The van der Waals surface area contributed by atoms with E-state index in [4.69, 9.17) is 22.9 Å². The number of furan rings is 1. The average Bonchev–Trinajstić information content (AvgIpc) is 3.28. The summed E-state index contributed by atoms with van der Waals surface area (Å²) in [6, 6.07) is 18.6. The van der Waals surface area contributed by atoms with Crippen LogP contribution in [-0.4, -0.2) is 15.0 Å². The topological polar surface area (TPSA) is 51.8 Å². The van der Waals surface area contributed by atoms with Crippen molar-refractivity contribution >= 4 is 33.5 Å². The Labute approximate surface area is 196 Å². The fourth-order valence-electron chi connectivity index (χ4n) is 3.66. The van der Waals surface area contributed by atoms with Gasteiger partial charge in [-0.1, -0.05) is 72.7 Å². The second-order valence-electron chi connectivity index (χ2n) is 7.14.